The molecule has 3 aromatic rings. The van der Waals surface area contributed by atoms with E-state index in [0.29, 0.717) is 76.1 Å². The fourth-order valence-electron chi connectivity index (χ4n) is 4.95. The lowest BCUT2D eigenvalue weighted by Gasteiger charge is -2.31. The van der Waals surface area contributed by atoms with Gasteiger partial charge in [0.1, 0.15) is 17.3 Å². The van der Waals surface area contributed by atoms with E-state index >= 15 is 0 Å². The summed E-state index contributed by atoms with van der Waals surface area (Å²) < 4.78 is 60.6. The second kappa shape index (κ2) is 11.6. The van der Waals surface area contributed by atoms with Crippen LogP contribution < -0.4 is 5.56 Å². The summed E-state index contributed by atoms with van der Waals surface area (Å²) in [5, 5.41) is 6.64. The van der Waals surface area contributed by atoms with Crippen LogP contribution in [0.25, 0.3) is 0 Å². The number of nitrogens with one attached hydrogen (secondary N) is 1. The number of amides is 1. The Labute approximate surface area is 252 Å². The Morgan fingerprint density at radius 2 is 1.95 bits per heavy atom. The van der Waals surface area contributed by atoms with Crippen molar-refractivity contribution in [3.63, 3.8) is 0 Å². The van der Waals surface area contributed by atoms with E-state index < -0.39 is 50.6 Å². The molecule has 42 heavy (non-hydrogen) atoms. The lowest BCUT2D eigenvalue weighted by molar-refractivity contribution is -0.139. The second-order valence-electron chi connectivity index (χ2n) is 10.1. The topological polar surface area (TPSA) is 118 Å². The van der Waals surface area contributed by atoms with Crippen LogP contribution in [0.15, 0.2) is 50.7 Å². The number of rotatable bonds is 6. The highest BCUT2D eigenvalue weighted by Gasteiger charge is 2.34. The van der Waals surface area contributed by atoms with Crippen molar-refractivity contribution in [2.24, 2.45) is 5.16 Å². The molecule has 0 saturated carbocycles. The fourth-order valence-corrected chi connectivity index (χ4v) is 7.53. The van der Waals surface area contributed by atoms with Gasteiger partial charge in [-0.2, -0.15) is 13.2 Å². The first-order valence-electron chi connectivity index (χ1n) is 12.7. The van der Waals surface area contributed by atoms with Crippen LogP contribution in [0, 0.1) is 4.78 Å². The van der Waals surface area contributed by atoms with Gasteiger partial charge in [0.25, 0.3) is 5.56 Å². The van der Waals surface area contributed by atoms with E-state index in [-0.39, 0.29) is 5.92 Å². The Morgan fingerprint density at radius 1 is 1.24 bits per heavy atom. The molecule has 0 bridgehead atoms. The monoisotopic (exact) mass is 661 g/mol. The zero-order valence-corrected chi connectivity index (χ0v) is 25.1. The predicted octanol–water partition coefficient (Wildman–Crippen LogP) is 5.94. The molecule has 1 aromatic carbocycles. The number of thiazole rings is 1. The summed E-state index contributed by atoms with van der Waals surface area (Å²) in [5.74, 6) is -0.419. The Hall–Kier alpha value is -2.94. The van der Waals surface area contributed by atoms with Gasteiger partial charge in [0, 0.05) is 53.8 Å². The average Bonchev–Trinajstić information content (AvgIpc) is 3.60. The smallest absolute Gasteiger partial charge is 0.387 e. The molecular weight excluding hydrogens is 638 g/mol. The number of alkyl halides is 3. The number of hydrogen-bond donors (Lipinski definition) is 1. The zero-order chi connectivity index (χ0) is 30.4. The summed E-state index contributed by atoms with van der Waals surface area (Å²) in [6.45, 7) is 0.158. The SMILES string of the molecule is CS(=N)(=O)c1cccc(Cl)c1C1CC(c2csc(C3CCN(C(=O)Cn4cc(C(F)(F)F)cc(Cl)c4=O)CC3)n2)=NO1. The van der Waals surface area contributed by atoms with Gasteiger partial charge in [0.15, 0.2) is 6.10 Å². The van der Waals surface area contributed by atoms with Gasteiger partial charge in [-0.3, -0.25) is 9.59 Å². The first-order valence-corrected chi connectivity index (χ1v) is 16.3. The molecule has 0 radical (unpaired) electrons. The predicted molar refractivity (Wildman–Crippen MR) is 153 cm³/mol. The molecular formula is C26H24Cl2F3N5O4S2. The molecule has 2 aliphatic rings. The van der Waals surface area contributed by atoms with Crippen LogP contribution in [0.5, 0.6) is 0 Å². The Morgan fingerprint density at radius 3 is 2.62 bits per heavy atom. The molecule has 5 rings (SSSR count). The van der Waals surface area contributed by atoms with Crippen molar-refractivity contribution in [1.29, 1.82) is 4.78 Å². The van der Waals surface area contributed by atoms with Gasteiger partial charge in [-0.15, -0.1) is 11.3 Å². The van der Waals surface area contributed by atoms with Crippen LogP contribution in [-0.2, 0) is 32.1 Å². The third-order valence-corrected chi connectivity index (χ3v) is 9.92. The molecule has 1 N–H and O–H groups in total. The highest BCUT2D eigenvalue weighted by atomic mass is 35.5. The number of oxime groups is 1. The van der Waals surface area contributed by atoms with Crippen LogP contribution in [0.2, 0.25) is 10.0 Å². The van der Waals surface area contributed by atoms with Crippen molar-refractivity contribution in [2.75, 3.05) is 19.3 Å². The number of halogens is 5. The molecule has 0 spiro atoms. The standard InChI is InChI=1S/C26H24Cl2F3N5O4S2/c1-42(32,39)21-4-2-3-16(27)23(21)20-10-18(34-40-20)19-13-41-24(33-19)14-5-7-35(8-6-14)22(37)12-36-11-15(26(29,30)31)9-17(28)25(36)38/h2-4,9,11,13-14,20,32H,5-8,10,12H2,1H3. The molecule has 224 valence electrons. The van der Waals surface area contributed by atoms with Crippen molar-refractivity contribution >= 4 is 55.9 Å². The maximum atomic E-state index is 13.1. The van der Waals surface area contributed by atoms with E-state index in [9.17, 15) is 27.0 Å². The van der Waals surface area contributed by atoms with E-state index in [2.05, 4.69) is 5.16 Å². The average molecular weight is 663 g/mol. The maximum absolute atomic E-state index is 13.1. The minimum absolute atomic E-state index is 0.0560. The third kappa shape index (κ3) is 6.36. The number of aromatic nitrogens is 2. The van der Waals surface area contributed by atoms with Crippen molar-refractivity contribution in [2.45, 2.75) is 48.9 Å². The van der Waals surface area contributed by atoms with Gasteiger partial charge in [-0.1, -0.05) is 34.4 Å². The second-order valence-corrected chi connectivity index (χ2v) is 13.9. The number of carbonyl (C=O) groups is 1. The lowest BCUT2D eigenvalue weighted by atomic mass is 9.97. The van der Waals surface area contributed by atoms with E-state index in [4.69, 9.17) is 37.8 Å². The third-order valence-electron chi connectivity index (χ3n) is 7.11. The largest absolute Gasteiger partial charge is 0.417 e. The number of hydrogen-bond acceptors (Lipinski definition) is 8. The molecule has 4 heterocycles. The van der Waals surface area contributed by atoms with E-state index in [1.807, 2.05) is 5.38 Å². The number of likely N-dealkylation sites (tertiary alicyclic amines) is 1. The highest BCUT2D eigenvalue weighted by molar-refractivity contribution is 7.91. The van der Waals surface area contributed by atoms with Gasteiger partial charge in [-0.25, -0.2) is 14.0 Å². The quantitative estimate of drug-likeness (QED) is 0.351. The van der Waals surface area contributed by atoms with Crippen LogP contribution in [0.3, 0.4) is 0 Å². The number of benzene rings is 1. The number of carbonyl (C=O) groups excluding carboxylic acids is 1. The van der Waals surface area contributed by atoms with E-state index in [1.165, 1.54) is 22.5 Å². The van der Waals surface area contributed by atoms with Gasteiger partial charge in [0.2, 0.25) is 5.91 Å². The normalized spacial score (nSPS) is 19.3. The van der Waals surface area contributed by atoms with Crippen molar-refractivity contribution in [3.8, 4) is 0 Å². The Bertz CT molecular complexity index is 1730. The molecule has 1 saturated heterocycles. The molecule has 2 aromatic heterocycles. The molecule has 1 amide bonds. The van der Waals surface area contributed by atoms with Crippen LogP contribution >= 0.6 is 34.5 Å². The van der Waals surface area contributed by atoms with Gasteiger partial charge < -0.3 is 14.3 Å². The number of pyridine rings is 1. The fraction of sp³-hybridized carbons (Fsp3) is 0.385. The Balaban J connectivity index is 1.21. The van der Waals surface area contributed by atoms with Crippen LogP contribution in [0.4, 0.5) is 13.2 Å². The van der Waals surface area contributed by atoms with Gasteiger partial charge >= 0.3 is 6.18 Å². The minimum atomic E-state index is -4.71. The molecule has 2 aliphatic heterocycles. The summed E-state index contributed by atoms with van der Waals surface area (Å²) >= 11 is 13.5. The van der Waals surface area contributed by atoms with Crippen molar-refractivity contribution in [3.05, 3.63) is 78.1 Å². The van der Waals surface area contributed by atoms with E-state index in [1.54, 1.807) is 18.2 Å². The number of nitrogens with zero attached hydrogens (tertiary/aromatic N) is 4. The molecule has 2 unspecified atom stereocenters. The summed E-state index contributed by atoms with van der Waals surface area (Å²) in [6.07, 6.45) is -1.88. The molecule has 1 fully saturated rings. The summed E-state index contributed by atoms with van der Waals surface area (Å²) in [5.41, 5.74) is -0.261. The molecule has 2 atom stereocenters. The minimum Gasteiger partial charge on any atom is -0.387 e. The zero-order valence-electron chi connectivity index (χ0n) is 22.0. The van der Waals surface area contributed by atoms with Gasteiger partial charge in [-0.05, 0) is 31.0 Å². The van der Waals surface area contributed by atoms with Gasteiger partial charge in [0.05, 0.1) is 30.9 Å². The molecule has 16 heteroatoms. The maximum Gasteiger partial charge on any atom is 0.417 e. The van der Waals surface area contributed by atoms with Crippen LogP contribution in [-0.4, -0.2) is 49.6 Å². The van der Waals surface area contributed by atoms with Crippen molar-refractivity contribution < 1.29 is 27.0 Å². The molecule has 9 nitrogen and oxygen atoms in total. The molecule has 0 aliphatic carbocycles. The van der Waals surface area contributed by atoms with E-state index in [0.717, 1.165) is 5.01 Å². The first kappa shape index (κ1) is 30.5. The highest BCUT2D eigenvalue weighted by Crippen LogP contribution is 2.39. The summed E-state index contributed by atoms with van der Waals surface area (Å²) in [7, 11) is -3.05. The summed E-state index contributed by atoms with van der Waals surface area (Å²) in [6, 6.07) is 5.44. The Kier molecular flexibility index (Phi) is 8.45. The first-order chi connectivity index (χ1) is 19.7. The van der Waals surface area contributed by atoms with Crippen LogP contribution in [0.1, 0.15) is 53.1 Å². The van der Waals surface area contributed by atoms with Crippen molar-refractivity contribution in [1.82, 2.24) is 14.5 Å². The number of piperidine rings is 1. The summed E-state index contributed by atoms with van der Waals surface area (Å²) in [4.78, 5) is 37.3. The lowest BCUT2D eigenvalue weighted by Crippen LogP contribution is -2.41.